The first-order valence-electron chi connectivity index (χ1n) is 8.86. The zero-order valence-electron chi connectivity index (χ0n) is 15.3. The lowest BCUT2D eigenvalue weighted by atomic mass is 10.2. The number of hydrogen-bond donors (Lipinski definition) is 2. The maximum atomic E-state index is 12.5. The van der Waals surface area contributed by atoms with Crippen LogP contribution in [-0.2, 0) is 24.3 Å². The van der Waals surface area contributed by atoms with E-state index in [0.717, 1.165) is 4.57 Å². The van der Waals surface area contributed by atoms with Crippen LogP contribution in [0.2, 0.25) is 0 Å². The second kappa shape index (κ2) is 8.10. The summed E-state index contributed by atoms with van der Waals surface area (Å²) in [5.41, 5.74) is -0.158. The number of amides is 1. The molecule has 0 bridgehead atoms. The van der Waals surface area contributed by atoms with Crippen molar-refractivity contribution in [1.29, 1.82) is 5.26 Å². The number of nitrogens with one attached hydrogen (secondary N) is 1. The molecule has 1 aliphatic heterocycles. The lowest BCUT2D eigenvalue weighted by Crippen LogP contribution is -2.44. The van der Waals surface area contributed by atoms with Crippen molar-refractivity contribution in [3.05, 3.63) is 56.4 Å². The van der Waals surface area contributed by atoms with Crippen LogP contribution in [0.5, 0.6) is 5.75 Å². The molecular weight excluding hydrogens is 364 g/mol. The average Bonchev–Trinajstić information content (AvgIpc) is 3.14. The van der Waals surface area contributed by atoms with Gasteiger partial charge in [0.25, 0.3) is 5.56 Å². The van der Waals surface area contributed by atoms with Gasteiger partial charge < -0.3 is 15.2 Å². The number of hydrogen-bond acceptors (Lipinski definition) is 6. The van der Waals surface area contributed by atoms with Crippen LogP contribution in [0.3, 0.4) is 0 Å². The summed E-state index contributed by atoms with van der Waals surface area (Å²) in [6.07, 6.45) is 0.106. The minimum atomic E-state index is -1.12. The molecule has 28 heavy (non-hydrogen) atoms. The van der Waals surface area contributed by atoms with Gasteiger partial charge in [-0.15, -0.1) is 0 Å². The Morgan fingerprint density at radius 3 is 2.71 bits per heavy atom. The fourth-order valence-electron chi connectivity index (χ4n) is 3.20. The molecule has 1 aliphatic rings. The van der Waals surface area contributed by atoms with Crippen molar-refractivity contribution in [3.63, 3.8) is 0 Å². The molecule has 1 amide bonds. The van der Waals surface area contributed by atoms with Crippen LogP contribution in [0.4, 0.5) is 5.69 Å². The molecule has 0 unspecified atom stereocenters. The van der Waals surface area contributed by atoms with Crippen molar-refractivity contribution in [2.45, 2.75) is 39.0 Å². The van der Waals surface area contributed by atoms with Crippen molar-refractivity contribution in [3.8, 4) is 11.8 Å². The number of nitriles is 1. The Kier molecular flexibility index (Phi) is 5.61. The van der Waals surface area contributed by atoms with E-state index >= 15 is 0 Å². The summed E-state index contributed by atoms with van der Waals surface area (Å²) in [6.45, 7) is 1.45. The van der Waals surface area contributed by atoms with Crippen molar-refractivity contribution in [1.82, 2.24) is 9.13 Å². The second-order valence-corrected chi connectivity index (χ2v) is 6.56. The van der Waals surface area contributed by atoms with E-state index in [1.54, 1.807) is 24.3 Å². The number of fused-ring (bicyclic) bond motifs is 1. The number of rotatable bonds is 6. The van der Waals surface area contributed by atoms with Gasteiger partial charge in [-0.05, 0) is 37.1 Å². The largest absolute Gasteiger partial charge is 0.491 e. The summed E-state index contributed by atoms with van der Waals surface area (Å²) < 4.78 is 7.79. The van der Waals surface area contributed by atoms with Gasteiger partial charge in [-0.1, -0.05) is 0 Å². The zero-order valence-corrected chi connectivity index (χ0v) is 15.3. The van der Waals surface area contributed by atoms with Gasteiger partial charge in [0.05, 0.1) is 6.54 Å². The van der Waals surface area contributed by atoms with Crippen LogP contribution in [0.25, 0.3) is 0 Å². The molecule has 1 aromatic carbocycles. The molecule has 0 aliphatic carbocycles. The molecule has 9 heteroatoms. The molecule has 3 rings (SSSR count). The molecule has 146 valence electrons. The average molecular weight is 384 g/mol. The van der Waals surface area contributed by atoms with Crippen molar-refractivity contribution in [2.75, 3.05) is 11.9 Å². The van der Waals surface area contributed by atoms with Crippen LogP contribution in [0, 0.1) is 11.3 Å². The number of ether oxygens (including phenoxy) is 1. The number of carbonyl (C=O) groups excluding carboxylic acids is 1. The van der Waals surface area contributed by atoms with Gasteiger partial charge in [0.1, 0.15) is 30.1 Å². The molecule has 0 radical (unpaired) electrons. The number of nitrogens with zero attached hydrogens (tertiary/aromatic N) is 3. The third kappa shape index (κ3) is 3.97. The highest BCUT2D eigenvalue weighted by atomic mass is 16.5. The standard InChI is InChI=1S/C19H20N4O5/c1-12(24)21-13-4-6-15(7-5-13)28-11-14(25)10-23-18(26)16(9-20)17-3-2-8-22(17)19(23)27/h4-7,14,25H,2-3,8,10-11H2,1H3,(H,21,24)/t14-/m1/s1. The summed E-state index contributed by atoms with van der Waals surface area (Å²) in [7, 11) is 0. The number of benzene rings is 1. The smallest absolute Gasteiger partial charge is 0.331 e. The maximum Gasteiger partial charge on any atom is 0.331 e. The molecule has 2 aromatic rings. The van der Waals surface area contributed by atoms with Gasteiger partial charge in [-0.2, -0.15) is 5.26 Å². The van der Waals surface area contributed by atoms with Gasteiger partial charge in [0.15, 0.2) is 0 Å². The highest BCUT2D eigenvalue weighted by molar-refractivity contribution is 5.88. The van der Waals surface area contributed by atoms with Crippen LogP contribution in [0.1, 0.15) is 24.6 Å². The predicted molar refractivity (Wildman–Crippen MR) is 100 cm³/mol. The van der Waals surface area contributed by atoms with Gasteiger partial charge in [0, 0.05) is 24.8 Å². The minimum absolute atomic E-state index is 0.0428. The molecule has 0 fully saturated rings. The second-order valence-electron chi connectivity index (χ2n) is 6.56. The van der Waals surface area contributed by atoms with E-state index in [0.29, 0.717) is 36.5 Å². The van der Waals surface area contributed by atoms with Crippen LogP contribution >= 0.6 is 0 Å². The van der Waals surface area contributed by atoms with E-state index in [1.165, 1.54) is 11.5 Å². The summed E-state index contributed by atoms with van der Waals surface area (Å²) in [6, 6.07) is 8.44. The molecule has 0 saturated carbocycles. The zero-order chi connectivity index (χ0) is 20.3. The Balaban J connectivity index is 1.70. The Morgan fingerprint density at radius 2 is 2.07 bits per heavy atom. The molecule has 2 N–H and O–H groups in total. The first kappa shape index (κ1) is 19.4. The van der Waals surface area contributed by atoms with Crippen LogP contribution in [-0.4, -0.2) is 32.9 Å². The van der Waals surface area contributed by atoms with Gasteiger partial charge in [-0.25, -0.2) is 4.79 Å². The highest BCUT2D eigenvalue weighted by Crippen LogP contribution is 2.16. The number of carbonyl (C=O) groups is 1. The number of aromatic nitrogens is 2. The molecule has 9 nitrogen and oxygen atoms in total. The maximum absolute atomic E-state index is 12.5. The monoisotopic (exact) mass is 384 g/mol. The molecule has 1 atom stereocenters. The van der Waals surface area contributed by atoms with Crippen LogP contribution in [0.15, 0.2) is 33.9 Å². The first-order valence-corrected chi connectivity index (χ1v) is 8.86. The highest BCUT2D eigenvalue weighted by Gasteiger charge is 2.23. The summed E-state index contributed by atoms with van der Waals surface area (Å²) in [4.78, 5) is 36.0. The summed E-state index contributed by atoms with van der Waals surface area (Å²) >= 11 is 0. The normalized spacial score (nSPS) is 13.5. The van der Waals surface area contributed by atoms with Crippen molar-refractivity contribution in [2.24, 2.45) is 0 Å². The van der Waals surface area contributed by atoms with E-state index in [-0.39, 0.29) is 24.6 Å². The third-order valence-corrected chi connectivity index (χ3v) is 4.45. The Morgan fingerprint density at radius 1 is 1.36 bits per heavy atom. The molecule has 2 heterocycles. The molecule has 0 saturated heterocycles. The number of aliphatic hydroxyl groups is 1. The Hall–Kier alpha value is -3.38. The fourth-order valence-corrected chi connectivity index (χ4v) is 3.20. The molecule has 1 aromatic heterocycles. The quantitative estimate of drug-likeness (QED) is 0.734. The Labute approximate surface area is 160 Å². The lowest BCUT2D eigenvalue weighted by molar-refractivity contribution is -0.114. The lowest BCUT2D eigenvalue weighted by Gasteiger charge is -2.15. The van der Waals surface area contributed by atoms with Gasteiger partial charge in [-0.3, -0.25) is 18.7 Å². The fraction of sp³-hybridized carbons (Fsp3) is 0.368. The van der Waals surface area contributed by atoms with Crippen molar-refractivity contribution < 1.29 is 14.6 Å². The van der Waals surface area contributed by atoms with Gasteiger partial charge >= 0.3 is 5.69 Å². The van der Waals surface area contributed by atoms with Gasteiger partial charge in [0.2, 0.25) is 5.91 Å². The summed E-state index contributed by atoms with van der Waals surface area (Å²) in [5, 5.41) is 22.1. The molecular formula is C19H20N4O5. The minimum Gasteiger partial charge on any atom is -0.491 e. The van der Waals surface area contributed by atoms with E-state index in [4.69, 9.17) is 4.74 Å². The van der Waals surface area contributed by atoms with E-state index < -0.39 is 17.4 Å². The molecule has 0 spiro atoms. The van der Waals surface area contributed by atoms with E-state index in [9.17, 15) is 24.8 Å². The topological polar surface area (TPSA) is 126 Å². The van der Waals surface area contributed by atoms with Crippen molar-refractivity contribution >= 4 is 11.6 Å². The first-order chi connectivity index (χ1) is 13.4. The van der Waals surface area contributed by atoms with E-state index in [2.05, 4.69) is 5.32 Å². The predicted octanol–water partition coefficient (Wildman–Crippen LogP) is 0.226. The number of aliphatic hydroxyl groups excluding tert-OH is 1. The Bertz CT molecular complexity index is 1050. The third-order valence-electron chi connectivity index (χ3n) is 4.45. The number of anilines is 1. The summed E-state index contributed by atoms with van der Waals surface area (Å²) in [5.74, 6) is 0.274. The van der Waals surface area contributed by atoms with E-state index in [1.807, 2.05) is 6.07 Å². The van der Waals surface area contributed by atoms with Crippen LogP contribution < -0.4 is 21.3 Å². The SMILES string of the molecule is CC(=O)Nc1ccc(OC[C@H](O)Cn2c(=O)c(C#N)c3n(c2=O)CCC3)cc1.